The molecule has 0 unspecified atom stereocenters. The number of carbonyl (C=O) groups is 3. The van der Waals surface area contributed by atoms with E-state index in [9.17, 15) is 14.4 Å². The van der Waals surface area contributed by atoms with E-state index in [1.807, 2.05) is 6.07 Å². The van der Waals surface area contributed by atoms with Crippen molar-refractivity contribution < 1.29 is 23.9 Å². The van der Waals surface area contributed by atoms with Crippen LogP contribution in [0.1, 0.15) is 58.1 Å². The van der Waals surface area contributed by atoms with Crippen molar-refractivity contribution in [3.05, 3.63) is 59.9 Å². The van der Waals surface area contributed by atoms with Gasteiger partial charge in [0.25, 0.3) is 5.91 Å². The summed E-state index contributed by atoms with van der Waals surface area (Å²) in [4.78, 5) is 42.6. The maximum absolute atomic E-state index is 12.7. The first-order chi connectivity index (χ1) is 16.4. The van der Waals surface area contributed by atoms with Crippen molar-refractivity contribution in [3.8, 4) is 16.9 Å². The molecule has 4 rings (SSSR count). The second kappa shape index (κ2) is 10.0. The molecule has 9 nitrogen and oxygen atoms in total. The second-order valence-corrected chi connectivity index (χ2v) is 8.46. The Hall–Kier alpha value is -3.72. The number of amides is 3. The highest BCUT2D eigenvalue weighted by atomic mass is 16.5. The highest BCUT2D eigenvalue weighted by molar-refractivity contribution is 5.96. The molecule has 9 heteroatoms. The minimum absolute atomic E-state index is 0.0265. The van der Waals surface area contributed by atoms with Gasteiger partial charge < -0.3 is 25.8 Å². The van der Waals surface area contributed by atoms with E-state index in [0.717, 1.165) is 18.4 Å². The summed E-state index contributed by atoms with van der Waals surface area (Å²) in [5.74, 6) is -1.03. The summed E-state index contributed by atoms with van der Waals surface area (Å²) in [6, 6.07) is 6.42. The molecule has 0 spiro atoms. The zero-order valence-electron chi connectivity index (χ0n) is 18.9. The molecule has 4 bridgehead atoms. The quantitative estimate of drug-likeness (QED) is 0.669. The Bertz CT molecular complexity index is 1130. The fraction of sp³-hybridized carbons (Fsp3) is 0.360. The molecule has 2 aliphatic rings. The number of pyridine rings is 1. The van der Waals surface area contributed by atoms with Crippen molar-refractivity contribution in [1.82, 2.24) is 9.88 Å². The van der Waals surface area contributed by atoms with Crippen molar-refractivity contribution >= 4 is 17.7 Å². The van der Waals surface area contributed by atoms with Crippen molar-refractivity contribution in [3.63, 3.8) is 0 Å². The summed E-state index contributed by atoms with van der Waals surface area (Å²) in [6.07, 6.45) is 5.59. The zero-order chi connectivity index (χ0) is 24.2. The summed E-state index contributed by atoms with van der Waals surface area (Å²) in [5.41, 5.74) is 13.4. The number of nitrogens with two attached hydrogens (primary N) is 2. The molecule has 2 aromatic rings. The van der Waals surface area contributed by atoms with Crippen LogP contribution in [0.3, 0.4) is 0 Å². The zero-order valence-corrected chi connectivity index (χ0v) is 18.9. The van der Waals surface area contributed by atoms with E-state index < -0.39 is 11.8 Å². The molecular formula is C25H28N4O5. The Morgan fingerprint density at radius 1 is 1.09 bits per heavy atom. The Morgan fingerprint density at radius 2 is 1.88 bits per heavy atom. The molecular weight excluding hydrogens is 436 g/mol. The van der Waals surface area contributed by atoms with Crippen LogP contribution in [0, 0.1) is 0 Å². The van der Waals surface area contributed by atoms with Crippen LogP contribution in [0.15, 0.2) is 43.1 Å². The van der Waals surface area contributed by atoms with Gasteiger partial charge in [0.05, 0.1) is 24.9 Å². The summed E-state index contributed by atoms with van der Waals surface area (Å²) < 4.78 is 12.1. The monoisotopic (exact) mass is 464 g/mol. The third-order valence-corrected chi connectivity index (χ3v) is 6.22. The molecule has 3 heterocycles. The molecule has 178 valence electrons. The van der Waals surface area contributed by atoms with Crippen LogP contribution in [0.5, 0.6) is 5.75 Å². The summed E-state index contributed by atoms with van der Waals surface area (Å²) in [7, 11) is 0. The lowest BCUT2D eigenvalue weighted by atomic mass is 9.89. The predicted molar refractivity (Wildman–Crippen MR) is 125 cm³/mol. The maximum Gasteiger partial charge on any atom is 0.267 e. The molecule has 3 amide bonds. The minimum Gasteiger partial charge on any atom is -0.491 e. The van der Waals surface area contributed by atoms with E-state index in [-0.39, 0.29) is 29.3 Å². The van der Waals surface area contributed by atoms with Crippen LogP contribution in [0.25, 0.3) is 11.1 Å². The topological polar surface area (TPSA) is 138 Å². The van der Waals surface area contributed by atoms with Crippen LogP contribution in [-0.4, -0.2) is 53.5 Å². The lowest BCUT2D eigenvalue weighted by Crippen LogP contribution is -2.42. The van der Waals surface area contributed by atoms with Crippen molar-refractivity contribution in [2.75, 3.05) is 19.8 Å². The first-order valence-corrected chi connectivity index (χ1v) is 11.3. The lowest BCUT2D eigenvalue weighted by Gasteiger charge is -2.39. The number of fused-ring (bicyclic) bond motifs is 7. The smallest absolute Gasteiger partial charge is 0.267 e. The van der Waals surface area contributed by atoms with Gasteiger partial charge in [0.15, 0.2) is 0 Å². The molecule has 2 aliphatic heterocycles. The highest BCUT2D eigenvalue weighted by Gasteiger charge is 2.33. The molecule has 0 aliphatic carbocycles. The van der Waals surface area contributed by atoms with Gasteiger partial charge in [0.2, 0.25) is 11.8 Å². The van der Waals surface area contributed by atoms with Gasteiger partial charge in [-0.15, -0.1) is 0 Å². The molecule has 1 saturated heterocycles. The number of likely N-dealkylation sites (tertiary alicyclic amines) is 1. The van der Waals surface area contributed by atoms with Crippen molar-refractivity contribution in [2.24, 2.45) is 11.5 Å². The molecule has 0 saturated carbocycles. The van der Waals surface area contributed by atoms with Crippen LogP contribution >= 0.6 is 0 Å². The van der Waals surface area contributed by atoms with E-state index in [4.69, 9.17) is 20.9 Å². The number of ether oxygens (including phenoxy) is 2. The molecule has 4 N–H and O–H groups in total. The van der Waals surface area contributed by atoms with Gasteiger partial charge in [-0.3, -0.25) is 14.4 Å². The van der Waals surface area contributed by atoms with E-state index in [2.05, 4.69) is 11.6 Å². The third-order valence-electron chi connectivity index (χ3n) is 6.22. The Balaban J connectivity index is 1.91. The molecule has 1 aromatic carbocycles. The number of primary amides is 2. The lowest BCUT2D eigenvalue weighted by molar-refractivity contribution is -0.132. The largest absolute Gasteiger partial charge is 0.491 e. The van der Waals surface area contributed by atoms with Gasteiger partial charge >= 0.3 is 0 Å². The van der Waals surface area contributed by atoms with E-state index in [0.29, 0.717) is 49.5 Å². The summed E-state index contributed by atoms with van der Waals surface area (Å²) in [6.45, 7) is 5.16. The number of piperidine rings is 1. The average Bonchev–Trinajstić information content (AvgIpc) is 2.84. The van der Waals surface area contributed by atoms with Gasteiger partial charge in [-0.25, -0.2) is 4.98 Å². The van der Waals surface area contributed by atoms with E-state index >= 15 is 0 Å². The first kappa shape index (κ1) is 23.4. The number of aromatic nitrogens is 1. The van der Waals surface area contributed by atoms with E-state index in [1.54, 1.807) is 23.1 Å². The van der Waals surface area contributed by atoms with Crippen LogP contribution in [0.2, 0.25) is 0 Å². The standard InChI is InChI=1S/C25H28N4O5/c1-2-23(30)29-6-5-18-12-21(29)16-9-15(10-17(11-16)24(26)31)19-13-20(25(27)32)28-14-22(19)34-8-4-3-7-33-18/h2,9-11,13-14,18,21H,1,3-8,12H2,(H2,26,31)(H2,27,32)/t18-,21-/m1/s1. The Labute approximate surface area is 197 Å². The molecule has 1 aromatic heterocycles. The fourth-order valence-electron chi connectivity index (χ4n) is 4.48. The summed E-state index contributed by atoms with van der Waals surface area (Å²) in [5, 5.41) is 0. The van der Waals surface area contributed by atoms with Gasteiger partial charge in [0.1, 0.15) is 11.4 Å². The van der Waals surface area contributed by atoms with Crippen LogP contribution in [0.4, 0.5) is 0 Å². The van der Waals surface area contributed by atoms with Crippen LogP contribution in [-0.2, 0) is 9.53 Å². The number of nitrogens with zero attached hydrogens (tertiary/aromatic N) is 2. The van der Waals surface area contributed by atoms with Crippen molar-refractivity contribution in [2.45, 2.75) is 37.8 Å². The predicted octanol–water partition coefficient (Wildman–Crippen LogP) is 2.35. The Kier molecular flexibility index (Phi) is 6.93. The highest BCUT2D eigenvalue weighted by Crippen LogP contribution is 2.38. The van der Waals surface area contributed by atoms with Crippen molar-refractivity contribution in [1.29, 1.82) is 0 Å². The number of carbonyl (C=O) groups excluding carboxylic acids is 3. The molecule has 34 heavy (non-hydrogen) atoms. The first-order valence-electron chi connectivity index (χ1n) is 11.3. The third kappa shape index (κ3) is 4.94. The minimum atomic E-state index is -0.677. The SMILES string of the molecule is C=CC(=O)N1CC[C@@H]2C[C@@H]1c1cc(C(N)=O)cc(c1)-c1cc(C(N)=O)ncc1OCCCCO2. The normalized spacial score (nSPS) is 20.3. The van der Waals surface area contributed by atoms with Gasteiger partial charge in [0, 0.05) is 24.3 Å². The molecule has 2 atom stereocenters. The van der Waals surface area contributed by atoms with Gasteiger partial charge in [-0.2, -0.15) is 0 Å². The molecule has 1 fully saturated rings. The fourth-order valence-corrected chi connectivity index (χ4v) is 4.48. The van der Waals surface area contributed by atoms with E-state index in [1.165, 1.54) is 12.3 Å². The second-order valence-electron chi connectivity index (χ2n) is 8.46. The maximum atomic E-state index is 12.7. The average molecular weight is 465 g/mol. The van der Waals surface area contributed by atoms with Crippen LogP contribution < -0.4 is 16.2 Å². The number of hydrogen-bond donors (Lipinski definition) is 2. The summed E-state index contributed by atoms with van der Waals surface area (Å²) >= 11 is 0. The van der Waals surface area contributed by atoms with Gasteiger partial charge in [-0.05, 0) is 67.2 Å². The number of hydrogen-bond acceptors (Lipinski definition) is 6. The molecule has 0 radical (unpaired) electrons. The number of benzene rings is 1. The Morgan fingerprint density at radius 3 is 2.62 bits per heavy atom. The number of rotatable bonds is 3. The van der Waals surface area contributed by atoms with Gasteiger partial charge in [-0.1, -0.05) is 6.58 Å².